The van der Waals surface area contributed by atoms with Gasteiger partial charge in [0.2, 0.25) is 0 Å². The molecule has 0 aromatic carbocycles. The predicted molar refractivity (Wildman–Crippen MR) is 54.9 cm³/mol. The van der Waals surface area contributed by atoms with Crippen LogP contribution in [0.1, 0.15) is 13.8 Å². The van der Waals surface area contributed by atoms with Crippen LogP contribution in [-0.2, 0) is 0 Å². The van der Waals surface area contributed by atoms with Gasteiger partial charge in [0.15, 0.2) is 0 Å². The highest BCUT2D eigenvalue weighted by atomic mass is 32.2. The van der Waals surface area contributed by atoms with Crippen LogP contribution in [0.5, 0.6) is 0 Å². The molecule has 0 saturated carbocycles. The first-order chi connectivity index (χ1) is 5.38. The molecule has 4 heteroatoms. The monoisotopic (exact) mass is 205 g/mol. The van der Waals surface area contributed by atoms with Crippen molar-refractivity contribution in [3.05, 3.63) is 5.38 Å². The van der Waals surface area contributed by atoms with Gasteiger partial charge in [-0.15, -0.1) is 23.5 Å². The van der Waals surface area contributed by atoms with Gasteiger partial charge >= 0.3 is 0 Å². The third-order valence-corrected chi connectivity index (χ3v) is 3.89. The molecule has 0 atom stereocenters. The molecule has 0 amide bonds. The zero-order valence-electron chi connectivity index (χ0n) is 6.66. The summed E-state index contributed by atoms with van der Waals surface area (Å²) in [6, 6.07) is 0. The minimum absolute atomic E-state index is 1.11. The quantitative estimate of drug-likeness (QED) is 0.700. The molecule has 0 aliphatic heterocycles. The van der Waals surface area contributed by atoms with E-state index in [1.165, 1.54) is 9.92 Å². The SMILES string of the molecule is CCSc1csnc1SCC. The second kappa shape index (κ2) is 5.06. The van der Waals surface area contributed by atoms with Crippen LogP contribution in [0.3, 0.4) is 0 Å². The summed E-state index contributed by atoms with van der Waals surface area (Å²) < 4.78 is 4.31. The second-order valence-corrected chi connectivity index (χ2v) is 5.04. The highest BCUT2D eigenvalue weighted by Gasteiger charge is 2.03. The van der Waals surface area contributed by atoms with E-state index in [-0.39, 0.29) is 0 Å². The Morgan fingerprint density at radius 1 is 1.36 bits per heavy atom. The smallest absolute Gasteiger partial charge is 0.123 e. The van der Waals surface area contributed by atoms with Crippen LogP contribution < -0.4 is 0 Å². The lowest BCUT2D eigenvalue weighted by Gasteiger charge is -1.96. The van der Waals surface area contributed by atoms with Crippen molar-refractivity contribution >= 4 is 35.1 Å². The molecule has 11 heavy (non-hydrogen) atoms. The standard InChI is InChI=1S/C7H11NS3/c1-3-9-6-5-11-8-7(6)10-4-2/h5H,3-4H2,1-2H3. The number of aromatic nitrogens is 1. The molecule has 0 fully saturated rings. The van der Waals surface area contributed by atoms with Gasteiger partial charge in [0.1, 0.15) is 5.03 Å². The summed E-state index contributed by atoms with van der Waals surface area (Å²) in [4.78, 5) is 1.35. The van der Waals surface area contributed by atoms with Crippen LogP contribution in [0.2, 0.25) is 0 Å². The summed E-state index contributed by atoms with van der Waals surface area (Å²) in [5.41, 5.74) is 0. The molecule has 1 rings (SSSR count). The van der Waals surface area contributed by atoms with Crippen molar-refractivity contribution < 1.29 is 0 Å². The lowest BCUT2D eigenvalue weighted by Crippen LogP contribution is -1.75. The second-order valence-electron chi connectivity index (χ2n) is 1.85. The lowest BCUT2D eigenvalue weighted by molar-refractivity contribution is 1.16. The molecule has 0 radical (unpaired) electrons. The Labute approximate surface area is 80.1 Å². The molecule has 0 spiro atoms. The average Bonchev–Trinajstić information content (AvgIpc) is 2.39. The van der Waals surface area contributed by atoms with Crippen molar-refractivity contribution in [3.63, 3.8) is 0 Å². The maximum absolute atomic E-state index is 4.31. The Kier molecular flexibility index (Phi) is 4.33. The maximum Gasteiger partial charge on any atom is 0.123 e. The molecule has 0 saturated heterocycles. The summed E-state index contributed by atoms with van der Waals surface area (Å²) in [6.45, 7) is 4.33. The number of nitrogens with zero attached hydrogens (tertiary/aromatic N) is 1. The molecule has 1 heterocycles. The van der Waals surface area contributed by atoms with Gasteiger partial charge in [0.05, 0.1) is 4.90 Å². The molecule has 1 nitrogen and oxygen atoms in total. The molecule has 62 valence electrons. The number of thioether (sulfide) groups is 2. The Bertz CT molecular complexity index is 189. The Morgan fingerprint density at radius 3 is 2.73 bits per heavy atom. The Hall–Kier alpha value is 0.330. The van der Waals surface area contributed by atoms with Crippen LogP contribution in [0.4, 0.5) is 0 Å². The van der Waals surface area contributed by atoms with Crippen molar-refractivity contribution in [2.45, 2.75) is 23.8 Å². The lowest BCUT2D eigenvalue weighted by atomic mass is 10.8. The summed E-state index contributed by atoms with van der Waals surface area (Å²) in [7, 11) is 0. The fraction of sp³-hybridized carbons (Fsp3) is 0.571. The summed E-state index contributed by atoms with van der Waals surface area (Å²) in [5, 5.41) is 3.34. The molecule has 0 unspecified atom stereocenters. The van der Waals surface area contributed by atoms with Gasteiger partial charge < -0.3 is 0 Å². The van der Waals surface area contributed by atoms with Gasteiger partial charge in [-0.1, -0.05) is 13.8 Å². The maximum atomic E-state index is 4.31. The van der Waals surface area contributed by atoms with E-state index in [1.54, 1.807) is 11.5 Å². The molecule has 0 bridgehead atoms. The molecule has 1 aromatic rings. The number of hydrogen-bond acceptors (Lipinski definition) is 4. The van der Waals surface area contributed by atoms with Gasteiger partial charge in [-0.2, -0.15) is 4.37 Å². The van der Waals surface area contributed by atoms with Gasteiger partial charge in [0.25, 0.3) is 0 Å². The normalized spacial score (nSPS) is 10.4. The van der Waals surface area contributed by atoms with E-state index in [9.17, 15) is 0 Å². The predicted octanol–water partition coefficient (Wildman–Crippen LogP) is 3.37. The van der Waals surface area contributed by atoms with Crippen molar-refractivity contribution in [1.29, 1.82) is 0 Å². The number of rotatable bonds is 4. The van der Waals surface area contributed by atoms with Crippen molar-refractivity contribution in [1.82, 2.24) is 4.37 Å². The zero-order chi connectivity index (χ0) is 8.10. The molecule has 0 aliphatic carbocycles. The fourth-order valence-electron chi connectivity index (χ4n) is 0.703. The highest BCUT2D eigenvalue weighted by molar-refractivity contribution is 8.02. The van der Waals surface area contributed by atoms with Crippen molar-refractivity contribution in [2.24, 2.45) is 0 Å². The molecule has 0 aliphatic rings. The van der Waals surface area contributed by atoms with Gasteiger partial charge in [-0.05, 0) is 23.0 Å². The third kappa shape index (κ3) is 2.69. The van der Waals surface area contributed by atoms with Crippen molar-refractivity contribution in [2.75, 3.05) is 11.5 Å². The van der Waals surface area contributed by atoms with E-state index in [0.717, 1.165) is 11.5 Å². The molecule has 1 aromatic heterocycles. The average molecular weight is 205 g/mol. The summed E-state index contributed by atoms with van der Waals surface area (Å²) >= 11 is 5.26. The van der Waals surface area contributed by atoms with Crippen LogP contribution in [0.25, 0.3) is 0 Å². The van der Waals surface area contributed by atoms with E-state index in [1.807, 2.05) is 23.5 Å². The van der Waals surface area contributed by atoms with Crippen LogP contribution in [0.15, 0.2) is 15.3 Å². The van der Waals surface area contributed by atoms with E-state index in [4.69, 9.17) is 0 Å². The third-order valence-electron chi connectivity index (χ3n) is 1.09. The van der Waals surface area contributed by atoms with Crippen LogP contribution in [-0.4, -0.2) is 15.9 Å². The topological polar surface area (TPSA) is 12.9 Å². The first-order valence-electron chi connectivity index (χ1n) is 3.58. The molecular formula is C7H11NS3. The first-order valence-corrected chi connectivity index (χ1v) is 6.39. The largest absolute Gasteiger partial charge is 0.185 e. The van der Waals surface area contributed by atoms with Crippen molar-refractivity contribution in [3.8, 4) is 0 Å². The van der Waals surface area contributed by atoms with Gasteiger partial charge in [0, 0.05) is 5.38 Å². The Morgan fingerprint density at radius 2 is 2.09 bits per heavy atom. The summed E-state index contributed by atoms with van der Waals surface area (Å²) in [5.74, 6) is 2.25. The fourth-order valence-corrected chi connectivity index (χ4v) is 3.34. The van der Waals surface area contributed by atoms with Gasteiger partial charge in [-0.3, -0.25) is 0 Å². The minimum atomic E-state index is 1.11. The highest BCUT2D eigenvalue weighted by Crippen LogP contribution is 2.30. The van der Waals surface area contributed by atoms with Crippen LogP contribution >= 0.6 is 35.1 Å². The van der Waals surface area contributed by atoms with E-state index < -0.39 is 0 Å². The number of hydrogen-bond donors (Lipinski definition) is 0. The van der Waals surface area contributed by atoms with Crippen LogP contribution in [0, 0.1) is 0 Å². The van der Waals surface area contributed by atoms with E-state index >= 15 is 0 Å². The zero-order valence-corrected chi connectivity index (χ0v) is 9.11. The molecule has 0 N–H and O–H groups in total. The minimum Gasteiger partial charge on any atom is -0.185 e. The van der Waals surface area contributed by atoms with E-state index in [2.05, 4.69) is 23.6 Å². The molecular weight excluding hydrogens is 194 g/mol. The Balaban J connectivity index is 2.62. The summed E-state index contributed by atoms with van der Waals surface area (Å²) in [6.07, 6.45) is 0. The van der Waals surface area contributed by atoms with Gasteiger partial charge in [-0.25, -0.2) is 0 Å². The van der Waals surface area contributed by atoms with E-state index in [0.29, 0.717) is 0 Å². The first kappa shape index (κ1) is 9.42.